The van der Waals surface area contributed by atoms with Crippen LogP contribution in [0.4, 0.5) is 0 Å². The molecule has 0 saturated heterocycles. The van der Waals surface area contributed by atoms with Crippen molar-refractivity contribution in [3.8, 4) is 11.1 Å². The standard InChI is InChI=1S/C21H25.C11H17.C6H5.C2H5.CH2.Zr/c1-20(2,3)16-7-9-18-14(12-16)11-15-13-17(21(4,5)6)8-10-19(15)18;1-8-6-9(2)10(7-8)11(3,4)5;1-2-4-6-5-3-1;1-2;;/h7-10,12H,11H2,1-6H3;7-8H,1-5H3;1-5H;1H2,2H3;1H2;. The fraction of sp³-hybridized carbons (Fsp3) is 0.439. The predicted molar refractivity (Wildman–Crippen MR) is 185 cm³/mol. The van der Waals surface area contributed by atoms with Gasteiger partial charge in [-0.3, -0.25) is 0 Å². The quantitative estimate of drug-likeness (QED) is 0.209. The second-order valence-corrected chi connectivity index (χ2v) is 30.6. The van der Waals surface area contributed by atoms with Gasteiger partial charge in [-0.25, -0.2) is 0 Å². The molecule has 0 spiro atoms. The van der Waals surface area contributed by atoms with E-state index in [-0.39, 0.29) is 16.2 Å². The van der Waals surface area contributed by atoms with Gasteiger partial charge in [0, 0.05) is 0 Å². The molecule has 0 bridgehead atoms. The van der Waals surface area contributed by atoms with Gasteiger partial charge in [0.25, 0.3) is 0 Å². The number of hydrogen-bond acceptors (Lipinski definition) is 0. The van der Waals surface area contributed by atoms with E-state index in [9.17, 15) is 0 Å². The van der Waals surface area contributed by atoms with Gasteiger partial charge in [0.2, 0.25) is 0 Å². The van der Waals surface area contributed by atoms with Crippen LogP contribution in [-0.2, 0) is 35.5 Å². The van der Waals surface area contributed by atoms with Crippen LogP contribution in [0.25, 0.3) is 11.1 Å². The van der Waals surface area contributed by atoms with E-state index in [1.807, 2.05) is 0 Å². The van der Waals surface area contributed by atoms with Crippen molar-refractivity contribution >= 4 is 10.8 Å². The first-order valence-corrected chi connectivity index (χ1v) is 23.3. The van der Waals surface area contributed by atoms with Gasteiger partial charge in [-0.15, -0.1) is 0 Å². The first-order chi connectivity index (χ1) is 19.3. The third kappa shape index (κ3) is 4.60. The van der Waals surface area contributed by atoms with Crippen LogP contribution in [-0.4, -0.2) is 4.21 Å². The Morgan fingerprint density at radius 1 is 0.786 bits per heavy atom. The zero-order chi connectivity index (χ0) is 31.1. The molecule has 0 heterocycles. The molecule has 0 aromatic heterocycles. The molecule has 0 aliphatic heterocycles. The summed E-state index contributed by atoms with van der Waals surface area (Å²) >= 11 is -4.53. The molecule has 0 radical (unpaired) electrons. The van der Waals surface area contributed by atoms with E-state index in [1.54, 1.807) is 12.1 Å². The van der Waals surface area contributed by atoms with Crippen LogP contribution >= 0.6 is 0 Å². The molecule has 2 aliphatic rings. The van der Waals surface area contributed by atoms with Crippen molar-refractivity contribution in [2.75, 3.05) is 0 Å². The Hall–Kier alpha value is -2.11. The minimum absolute atomic E-state index is 0.00300. The van der Waals surface area contributed by atoms with Gasteiger partial charge >= 0.3 is 259 Å². The predicted octanol–water partition coefficient (Wildman–Crippen LogP) is 10.3. The van der Waals surface area contributed by atoms with Crippen LogP contribution in [0.1, 0.15) is 105 Å². The topological polar surface area (TPSA) is 0 Å². The Morgan fingerprint density at radius 3 is 1.93 bits per heavy atom. The van der Waals surface area contributed by atoms with Gasteiger partial charge in [-0.05, 0) is 0 Å². The maximum absolute atomic E-state index is 5.75. The molecule has 1 unspecified atom stereocenters. The molecule has 0 N–H and O–H groups in total. The van der Waals surface area contributed by atoms with Crippen LogP contribution in [0.2, 0.25) is 4.13 Å². The molecule has 3 aromatic carbocycles. The number of hydrogen-bond donors (Lipinski definition) is 0. The maximum atomic E-state index is 5.75. The van der Waals surface area contributed by atoms with E-state index in [0.29, 0.717) is 5.92 Å². The summed E-state index contributed by atoms with van der Waals surface area (Å²) in [7, 11) is 0. The van der Waals surface area contributed by atoms with E-state index < -0.39 is 18.3 Å². The van der Waals surface area contributed by atoms with Gasteiger partial charge in [-0.2, -0.15) is 0 Å². The van der Waals surface area contributed by atoms with E-state index >= 15 is 0 Å². The van der Waals surface area contributed by atoms with Crippen LogP contribution in [0.3, 0.4) is 0 Å². The van der Waals surface area contributed by atoms with Crippen LogP contribution in [0, 0.1) is 11.3 Å². The van der Waals surface area contributed by atoms with E-state index in [1.165, 1.54) is 42.2 Å². The van der Waals surface area contributed by atoms with Crippen LogP contribution in [0.15, 0.2) is 81.2 Å². The fourth-order valence-corrected chi connectivity index (χ4v) is 26.6. The minimum atomic E-state index is -4.53. The summed E-state index contributed by atoms with van der Waals surface area (Å²) in [5.41, 5.74) is 12.1. The molecule has 3 aromatic rings. The SMILES string of the molecule is [CH2]=[Zr]([CH2]C)([C]1=C(C)C(C(C)(C)C)=CC1C)([c]1ccccc1)[c]1c(C(C)(C)C)ccc2c1Cc1cc(C(C)(C)C)ccc1-2. The molecule has 0 fully saturated rings. The van der Waals surface area contributed by atoms with E-state index in [0.717, 1.165) is 10.5 Å². The molecule has 2 aliphatic carbocycles. The van der Waals surface area contributed by atoms with Gasteiger partial charge in [0.1, 0.15) is 0 Å². The normalized spacial score (nSPS) is 17.8. The van der Waals surface area contributed by atoms with Gasteiger partial charge in [0.05, 0.1) is 0 Å². The first kappa shape index (κ1) is 31.3. The van der Waals surface area contributed by atoms with Crippen LogP contribution < -0.4 is 6.54 Å². The Kier molecular flexibility index (Phi) is 7.43. The first-order valence-electron chi connectivity index (χ1n) is 16.2. The Morgan fingerprint density at radius 2 is 1.40 bits per heavy atom. The third-order valence-corrected chi connectivity index (χ3v) is 28.4. The second kappa shape index (κ2) is 9.96. The Bertz CT molecular complexity index is 1690. The molecule has 0 saturated carbocycles. The second-order valence-electron chi connectivity index (χ2n) is 16.6. The summed E-state index contributed by atoms with van der Waals surface area (Å²) in [4.78, 5) is 0. The summed E-state index contributed by atoms with van der Waals surface area (Å²) in [6.07, 6.45) is 3.59. The zero-order valence-electron chi connectivity index (χ0n) is 28.5. The molecule has 222 valence electrons. The van der Waals surface area contributed by atoms with Crippen molar-refractivity contribution in [1.29, 1.82) is 0 Å². The summed E-state index contributed by atoms with van der Waals surface area (Å²) in [5, 5.41) is 0. The number of fused-ring (bicyclic) bond motifs is 3. The third-order valence-electron chi connectivity index (χ3n) is 10.7. The zero-order valence-corrected chi connectivity index (χ0v) is 31.0. The molecular weight excluding hydrogens is 584 g/mol. The fourth-order valence-electron chi connectivity index (χ4n) is 8.66. The van der Waals surface area contributed by atoms with Crippen LogP contribution in [0.5, 0.6) is 0 Å². The number of allylic oxidation sites excluding steroid dienone is 4. The van der Waals surface area contributed by atoms with E-state index in [4.69, 9.17) is 4.21 Å². The summed E-state index contributed by atoms with van der Waals surface area (Å²) < 4.78 is 11.7. The summed E-state index contributed by atoms with van der Waals surface area (Å²) in [6, 6.07) is 23.8. The molecule has 1 heteroatoms. The summed E-state index contributed by atoms with van der Waals surface area (Å²) in [6.45, 7) is 28.7. The number of rotatable bonds is 4. The van der Waals surface area contributed by atoms with Gasteiger partial charge in [-0.1, -0.05) is 0 Å². The van der Waals surface area contributed by atoms with Crippen molar-refractivity contribution < 1.29 is 18.3 Å². The molecule has 5 rings (SSSR count). The van der Waals surface area contributed by atoms with Crippen molar-refractivity contribution in [2.45, 2.75) is 104 Å². The Labute approximate surface area is 258 Å². The monoisotopic (exact) mass is 636 g/mol. The van der Waals surface area contributed by atoms with Gasteiger partial charge in [0.15, 0.2) is 0 Å². The molecule has 1 atom stereocenters. The molecular formula is C41H54Zr. The molecule has 0 amide bonds. The van der Waals surface area contributed by atoms with Crippen molar-refractivity contribution in [2.24, 2.45) is 11.3 Å². The van der Waals surface area contributed by atoms with Crippen molar-refractivity contribution in [1.82, 2.24) is 0 Å². The average molecular weight is 638 g/mol. The molecule has 0 nitrogen and oxygen atoms in total. The van der Waals surface area contributed by atoms with Crippen molar-refractivity contribution in [3.05, 3.63) is 103 Å². The number of benzene rings is 3. The van der Waals surface area contributed by atoms with E-state index in [2.05, 4.69) is 150 Å². The Balaban J connectivity index is 1.96. The molecule has 42 heavy (non-hydrogen) atoms. The summed E-state index contributed by atoms with van der Waals surface area (Å²) in [5.74, 6) is 0.377. The van der Waals surface area contributed by atoms with Crippen molar-refractivity contribution in [3.63, 3.8) is 0 Å². The van der Waals surface area contributed by atoms with Gasteiger partial charge < -0.3 is 0 Å². The average Bonchev–Trinajstić information content (AvgIpc) is 3.43.